The molecule has 0 rings (SSSR count). The second kappa shape index (κ2) is 9.01. The quantitative estimate of drug-likeness (QED) is 0.422. The highest BCUT2D eigenvalue weighted by Gasteiger charge is 1.96. The van der Waals surface area contributed by atoms with E-state index in [1.807, 2.05) is 6.08 Å². The Labute approximate surface area is 89.5 Å². The van der Waals surface area contributed by atoms with Crippen molar-refractivity contribution in [1.29, 1.82) is 0 Å². The largest absolute Gasteiger partial charge is 0.302 e. The molecule has 14 heavy (non-hydrogen) atoms. The molecular formula is C13H25N. The normalized spacial score (nSPS) is 12.1. The van der Waals surface area contributed by atoms with E-state index >= 15 is 0 Å². The van der Waals surface area contributed by atoms with Crippen molar-refractivity contribution in [2.75, 3.05) is 20.1 Å². The van der Waals surface area contributed by atoms with Crippen molar-refractivity contribution < 1.29 is 0 Å². The second-order valence-electron chi connectivity index (χ2n) is 4.01. The van der Waals surface area contributed by atoms with Crippen LogP contribution in [0.3, 0.4) is 0 Å². The molecule has 1 nitrogen and oxygen atoms in total. The third kappa shape index (κ3) is 8.06. The lowest BCUT2D eigenvalue weighted by atomic mass is 10.1. The molecule has 0 saturated carbocycles. The van der Waals surface area contributed by atoms with Gasteiger partial charge in [-0.1, -0.05) is 24.6 Å². The topological polar surface area (TPSA) is 3.24 Å². The number of allylic oxidation sites excluding steroid dienone is 2. The third-order valence-corrected chi connectivity index (χ3v) is 2.23. The van der Waals surface area contributed by atoms with Gasteiger partial charge in [0.05, 0.1) is 0 Å². The van der Waals surface area contributed by atoms with Crippen LogP contribution in [0.5, 0.6) is 0 Å². The minimum atomic E-state index is 1.11. The number of hydrogen-bond donors (Lipinski definition) is 0. The van der Waals surface area contributed by atoms with Gasteiger partial charge in [-0.2, -0.15) is 0 Å². The molecule has 0 N–H and O–H groups in total. The van der Waals surface area contributed by atoms with Crippen LogP contribution in [-0.2, 0) is 0 Å². The van der Waals surface area contributed by atoms with E-state index in [2.05, 4.69) is 38.5 Å². The Morgan fingerprint density at radius 3 is 2.64 bits per heavy atom. The molecule has 1 heteroatoms. The summed E-state index contributed by atoms with van der Waals surface area (Å²) in [4.78, 5) is 2.37. The summed E-state index contributed by atoms with van der Waals surface area (Å²) in [5, 5.41) is 0. The zero-order valence-corrected chi connectivity index (χ0v) is 10.1. The van der Waals surface area contributed by atoms with Crippen LogP contribution in [0, 0.1) is 0 Å². The molecule has 0 aromatic rings. The molecule has 0 aliphatic carbocycles. The Balaban J connectivity index is 3.59. The van der Waals surface area contributed by atoms with Crippen LogP contribution in [0.25, 0.3) is 0 Å². The first-order valence-corrected chi connectivity index (χ1v) is 5.65. The molecule has 0 radical (unpaired) electrons. The standard InChI is InChI=1S/C13H25N/c1-5-7-8-9-10-13(3)12-14(4)11-6-2/h5,10H,1,6-9,11-12H2,2-4H3/b13-10+. The average Bonchev–Trinajstić information content (AvgIpc) is 2.13. The van der Waals surface area contributed by atoms with Crippen molar-refractivity contribution >= 4 is 0 Å². The van der Waals surface area contributed by atoms with Crippen LogP contribution in [0.2, 0.25) is 0 Å². The Bertz CT molecular complexity index is 170. The molecule has 0 atom stereocenters. The number of likely N-dealkylation sites (N-methyl/N-ethyl adjacent to an activating group) is 1. The lowest BCUT2D eigenvalue weighted by molar-refractivity contribution is 0.362. The van der Waals surface area contributed by atoms with Crippen molar-refractivity contribution in [2.24, 2.45) is 0 Å². The van der Waals surface area contributed by atoms with Crippen molar-refractivity contribution in [2.45, 2.75) is 39.5 Å². The van der Waals surface area contributed by atoms with Crippen LogP contribution < -0.4 is 0 Å². The summed E-state index contributed by atoms with van der Waals surface area (Å²) in [6.45, 7) is 10.5. The highest BCUT2D eigenvalue weighted by Crippen LogP contribution is 2.03. The molecule has 0 bridgehead atoms. The van der Waals surface area contributed by atoms with Gasteiger partial charge in [0, 0.05) is 6.54 Å². The van der Waals surface area contributed by atoms with E-state index < -0.39 is 0 Å². The molecule has 0 aliphatic rings. The maximum absolute atomic E-state index is 3.72. The first-order chi connectivity index (χ1) is 6.70. The van der Waals surface area contributed by atoms with Gasteiger partial charge in [-0.25, -0.2) is 0 Å². The lowest BCUT2D eigenvalue weighted by Crippen LogP contribution is -2.21. The molecule has 0 spiro atoms. The predicted molar refractivity (Wildman–Crippen MR) is 65.6 cm³/mol. The van der Waals surface area contributed by atoms with E-state index in [1.165, 1.54) is 31.4 Å². The molecule has 82 valence electrons. The first-order valence-electron chi connectivity index (χ1n) is 5.65. The number of nitrogens with zero attached hydrogens (tertiary/aromatic N) is 1. The van der Waals surface area contributed by atoms with Gasteiger partial charge in [0.1, 0.15) is 0 Å². The highest BCUT2D eigenvalue weighted by atomic mass is 15.1. The molecule has 0 saturated heterocycles. The zero-order valence-electron chi connectivity index (χ0n) is 10.1. The fourth-order valence-electron chi connectivity index (χ4n) is 1.56. The fourth-order valence-corrected chi connectivity index (χ4v) is 1.56. The highest BCUT2D eigenvalue weighted by molar-refractivity contribution is 5.00. The molecular weight excluding hydrogens is 170 g/mol. The molecule has 0 heterocycles. The Hall–Kier alpha value is -0.560. The fraction of sp³-hybridized carbons (Fsp3) is 0.692. The van der Waals surface area contributed by atoms with E-state index in [1.54, 1.807) is 0 Å². The second-order valence-corrected chi connectivity index (χ2v) is 4.01. The molecule has 0 amide bonds. The maximum Gasteiger partial charge on any atom is 0.0187 e. The van der Waals surface area contributed by atoms with E-state index in [9.17, 15) is 0 Å². The van der Waals surface area contributed by atoms with Gasteiger partial charge >= 0.3 is 0 Å². The SMILES string of the molecule is C=CCCC/C=C(\C)CN(C)CCC. The maximum atomic E-state index is 3.72. The summed E-state index contributed by atoms with van der Waals surface area (Å²) in [5.74, 6) is 0. The Kier molecular flexibility index (Phi) is 8.65. The summed E-state index contributed by atoms with van der Waals surface area (Å²) < 4.78 is 0. The van der Waals surface area contributed by atoms with Gasteiger partial charge in [0.25, 0.3) is 0 Å². The van der Waals surface area contributed by atoms with Crippen LogP contribution in [0.4, 0.5) is 0 Å². The molecule has 0 fully saturated rings. The number of hydrogen-bond acceptors (Lipinski definition) is 1. The number of unbranched alkanes of at least 4 members (excludes halogenated alkanes) is 2. The van der Waals surface area contributed by atoms with Gasteiger partial charge in [-0.05, 0) is 46.2 Å². The van der Waals surface area contributed by atoms with Gasteiger partial charge in [0.15, 0.2) is 0 Å². The summed E-state index contributed by atoms with van der Waals surface area (Å²) >= 11 is 0. The van der Waals surface area contributed by atoms with Crippen molar-refractivity contribution in [3.8, 4) is 0 Å². The first kappa shape index (κ1) is 13.4. The van der Waals surface area contributed by atoms with E-state index in [0.717, 1.165) is 13.0 Å². The van der Waals surface area contributed by atoms with Crippen molar-refractivity contribution in [3.05, 3.63) is 24.3 Å². The minimum absolute atomic E-state index is 1.11. The molecule has 0 unspecified atom stereocenters. The summed E-state index contributed by atoms with van der Waals surface area (Å²) in [6, 6.07) is 0. The van der Waals surface area contributed by atoms with Crippen molar-refractivity contribution in [1.82, 2.24) is 4.90 Å². The predicted octanol–water partition coefficient (Wildman–Crippen LogP) is 3.63. The Morgan fingerprint density at radius 1 is 1.36 bits per heavy atom. The third-order valence-electron chi connectivity index (χ3n) is 2.23. The Morgan fingerprint density at radius 2 is 2.07 bits per heavy atom. The molecule has 0 aromatic carbocycles. The van der Waals surface area contributed by atoms with Gasteiger partial charge in [-0.3, -0.25) is 0 Å². The molecule has 0 aliphatic heterocycles. The minimum Gasteiger partial charge on any atom is -0.302 e. The average molecular weight is 195 g/mol. The zero-order chi connectivity index (χ0) is 10.8. The summed E-state index contributed by atoms with van der Waals surface area (Å²) in [7, 11) is 2.19. The van der Waals surface area contributed by atoms with Crippen LogP contribution >= 0.6 is 0 Å². The van der Waals surface area contributed by atoms with E-state index in [-0.39, 0.29) is 0 Å². The van der Waals surface area contributed by atoms with Crippen LogP contribution in [-0.4, -0.2) is 25.0 Å². The molecule has 0 aromatic heterocycles. The monoisotopic (exact) mass is 195 g/mol. The number of rotatable bonds is 8. The van der Waals surface area contributed by atoms with Gasteiger partial charge in [0.2, 0.25) is 0 Å². The summed E-state index contributed by atoms with van der Waals surface area (Å²) in [5.41, 5.74) is 1.49. The van der Waals surface area contributed by atoms with Gasteiger partial charge in [-0.15, -0.1) is 6.58 Å². The summed E-state index contributed by atoms with van der Waals surface area (Å²) in [6.07, 6.45) is 9.15. The van der Waals surface area contributed by atoms with Crippen LogP contribution in [0.15, 0.2) is 24.3 Å². The van der Waals surface area contributed by atoms with Crippen molar-refractivity contribution in [3.63, 3.8) is 0 Å². The lowest BCUT2D eigenvalue weighted by Gasteiger charge is -2.15. The van der Waals surface area contributed by atoms with Crippen LogP contribution in [0.1, 0.15) is 39.5 Å². The van der Waals surface area contributed by atoms with Gasteiger partial charge < -0.3 is 4.90 Å². The van der Waals surface area contributed by atoms with E-state index in [0.29, 0.717) is 0 Å². The van der Waals surface area contributed by atoms with E-state index in [4.69, 9.17) is 0 Å². The smallest absolute Gasteiger partial charge is 0.0187 e.